The van der Waals surface area contributed by atoms with E-state index in [9.17, 15) is 14.4 Å². The number of thiazole rings is 1. The van der Waals surface area contributed by atoms with Crippen LogP contribution in [-0.2, 0) is 16.0 Å². The second kappa shape index (κ2) is 8.69. The summed E-state index contributed by atoms with van der Waals surface area (Å²) in [4.78, 5) is 44.1. The first-order valence-electron chi connectivity index (χ1n) is 9.56. The van der Waals surface area contributed by atoms with Crippen LogP contribution in [0.25, 0.3) is 10.2 Å². The second-order valence-corrected chi connectivity index (χ2v) is 8.22. The van der Waals surface area contributed by atoms with Gasteiger partial charge in [-0.25, -0.2) is 4.98 Å². The van der Waals surface area contributed by atoms with Gasteiger partial charge < -0.3 is 9.72 Å². The monoisotopic (exact) mass is 412 g/mol. The molecule has 0 aliphatic rings. The Bertz CT molecular complexity index is 1050. The molecule has 7 heteroatoms. The lowest BCUT2D eigenvalue weighted by Gasteiger charge is -2.12. The molecule has 152 valence electrons. The molecule has 29 heavy (non-hydrogen) atoms. The number of aromatic amines is 1. The molecular formula is C22H24N2O4S. The maximum absolute atomic E-state index is 12.7. The van der Waals surface area contributed by atoms with Crippen molar-refractivity contribution in [3.63, 3.8) is 0 Å². The van der Waals surface area contributed by atoms with Crippen LogP contribution >= 0.6 is 11.3 Å². The van der Waals surface area contributed by atoms with Gasteiger partial charge in [-0.3, -0.25) is 14.4 Å². The molecule has 0 saturated heterocycles. The van der Waals surface area contributed by atoms with Crippen LogP contribution in [0.4, 0.5) is 0 Å². The third-order valence-corrected chi connectivity index (χ3v) is 5.92. The fourth-order valence-corrected chi connectivity index (χ4v) is 4.46. The lowest BCUT2D eigenvalue weighted by atomic mass is 10.0. The average molecular weight is 413 g/mol. The number of hydrogen-bond acceptors (Lipinski definition) is 6. The van der Waals surface area contributed by atoms with Crippen LogP contribution in [-0.4, -0.2) is 33.6 Å². The summed E-state index contributed by atoms with van der Waals surface area (Å²) in [5.41, 5.74) is 3.05. The molecule has 0 radical (unpaired) electrons. The summed E-state index contributed by atoms with van der Waals surface area (Å²) in [6.45, 7) is 6.49. The second-order valence-electron chi connectivity index (χ2n) is 7.11. The molecule has 0 aliphatic carbocycles. The number of aromatic nitrogens is 2. The van der Waals surface area contributed by atoms with E-state index in [2.05, 4.69) is 9.97 Å². The maximum atomic E-state index is 12.7. The van der Waals surface area contributed by atoms with Gasteiger partial charge in [0.25, 0.3) is 0 Å². The average Bonchev–Trinajstić information content (AvgIpc) is 3.20. The van der Waals surface area contributed by atoms with Gasteiger partial charge in [0.1, 0.15) is 0 Å². The number of Topliss-reactive ketones (excluding diaryl/α,β-unsaturated/α-hetero) is 2. The van der Waals surface area contributed by atoms with Gasteiger partial charge in [0.15, 0.2) is 11.9 Å². The van der Waals surface area contributed by atoms with Crippen molar-refractivity contribution in [2.45, 2.75) is 53.1 Å². The lowest BCUT2D eigenvalue weighted by Crippen LogP contribution is -2.25. The fraction of sp³-hybridized carbons (Fsp3) is 0.364. The highest BCUT2D eigenvalue weighted by Gasteiger charge is 2.25. The smallest absolute Gasteiger partial charge is 0.306 e. The number of rotatable bonds is 8. The summed E-state index contributed by atoms with van der Waals surface area (Å²) >= 11 is 1.62. The Morgan fingerprint density at radius 3 is 2.59 bits per heavy atom. The van der Waals surface area contributed by atoms with Crippen LogP contribution in [0.3, 0.4) is 0 Å². The maximum Gasteiger partial charge on any atom is 0.306 e. The number of benzene rings is 1. The Labute approximate surface area is 173 Å². The van der Waals surface area contributed by atoms with Crippen molar-refractivity contribution in [2.75, 3.05) is 0 Å². The van der Waals surface area contributed by atoms with E-state index >= 15 is 0 Å². The lowest BCUT2D eigenvalue weighted by molar-refractivity contribution is -0.146. The number of nitrogens with one attached hydrogen (secondary N) is 1. The van der Waals surface area contributed by atoms with Crippen LogP contribution < -0.4 is 0 Å². The van der Waals surface area contributed by atoms with E-state index in [0.717, 1.165) is 15.2 Å². The third-order valence-electron chi connectivity index (χ3n) is 4.82. The molecule has 0 fully saturated rings. The van der Waals surface area contributed by atoms with Gasteiger partial charge in [-0.2, -0.15) is 0 Å². The minimum atomic E-state index is -0.915. The molecule has 2 aromatic heterocycles. The first-order valence-corrected chi connectivity index (χ1v) is 10.4. The van der Waals surface area contributed by atoms with Gasteiger partial charge in [-0.15, -0.1) is 11.3 Å². The number of hydrogen-bond donors (Lipinski definition) is 1. The highest BCUT2D eigenvalue weighted by atomic mass is 32.1. The molecule has 0 bridgehead atoms. The molecule has 0 unspecified atom stereocenters. The predicted octanol–water partition coefficient (Wildman–Crippen LogP) is 4.58. The van der Waals surface area contributed by atoms with E-state index in [0.29, 0.717) is 35.4 Å². The number of H-pyrrole nitrogens is 1. The minimum Gasteiger partial charge on any atom is -0.454 e. The number of nitrogens with zero attached hydrogens (tertiary/aromatic N) is 1. The highest BCUT2D eigenvalue weighted by Crippen LogP contribution is 2.23. The molecule has 0 amide bonds. The van der Waals surface area contributed by atoms with Crippen molar-refractivity contribution < 1.29 is 19.1 Å². The zero-order valence-corrected chi connectivity index (χ0v) is 17.8. The number of ketones is 2. The number of carbonyl (C=O) groups is 3. The van der Waals surface area contributed by atoms with Gasteiger partial charge in [0.05, 0.1) is 20.9 Å². The van der Waals surface area contributed by atoms with Crippen LogP contribution in [0.1, 0.15) is 63.8 Å². The third kappa shape index (κ3) is 4.62. The molecule has 1 aromatic carbocycles. The van der Waals surface area contributed by atoms with E-state index in [1.54, 1.807) is 32.1 Å². The molecule has 0 aliphatic heterocycles. The van der Waals surface area contributed by atoms with Gasteiger partial charge >= 0.3 is 5.97 Å². The zero-order chi connectivity index (χ0) is 21.1. The minimum absolute atomic E-state index is 0.102. The van der Waals surface area contributed by atoms with Gasteiger partial charge in [-0.05, 0) is 58.2 Å². The molecular weight excluding hydrogens is 388 g/mol. The highest BCUT2D eigenvalue weighted by molar-refractivity contribution is 7.18. The van der Waals surface area contributed by atoms with E-state index in [-0.39, 0.29) is 18.0 Å². The van der Waals surface area contributed by atoms with Crippen molar-refractivity contribution in [3.05, 3.63) is 51.8 Å². The van der Waals surface area contributed by atoms with Crippen LogP contribution in [0.2, 0.25) is 0 Å². The van der Waals surface area contributed by atoms with E-state index in [1.807, 2.05) is 24.3 Å². The van der Waals surface area contributed by atoms with Crippen molar-refractivity contribution in [3.8, 4) is 0 Å². The summed E-state index contributed by atoms with van der Waals surface area (Å²) in [5, 5.41) is 0.984. The molecule has 1 N–H and O–H groups in total. The van der Waals surface area contributed by atoms with Crippen molar-refractivity contribution in [2.24, 2.45) is 0 Å². The largest absolute Gasteiger partial charge is 0.454 e. The summed E-state index contributed by atoms with van der Waals surface area (Å²) < 4.78 is 6.45. The van der Waals surface area contributed by atoms with E-state index in [4.69, 9.17) is 4.74 Å². The topological polar surface area (TPSA) is 89.1 Å². The number of fused-ring (bicyclic) bond motifs is 1. The van der Waals surface area contributed by atoms with Crippen LogP contribution in [0, 0.1) is 13.8 Å². The number of para-hydroxylation sites is 1. The number of aryl methyl sites for hydroxylation is 2. The quantitative estimate of drug-likeness (QED) is 0.432. The summed E-state index contributed by atoms with van der Waals surface area (Å²) in [6, 6.07) is 7.93. The van der Waals surface area contributed by atoms with Crippen molar-refractivity contribution >= 4 is 39.1 Å². The van der Waals surface area contributed by atoms with Gasteiger partial charge in [0.2, 0.25) is 5.78 Å². The Balaban J connectivity index is 1.54. The molecule has 1 atom stereocenters. The summed E-state index contributed by atoms with van der Waals surface area (Å²) in [6.07, 6.45) is 0.596. The predicted molar refractivity (Wildman–Crippen MR) is 113 cm³/mol. The molecule has 3 aromatic rings. The normalized spacial score (nSPS) is 12.1. The van der Waals surface area contributed by atoms with Crippen molar-refractivity contribution in [1.29, 1.82) is 0 Å². The Hall–Kier alpha value is -2.80. The Morgan fingerprint density at radius 2 is 1.93 bits per heavy atom. The summed E-state index contributed by atoms with van der Waals surface area (Å²) in [5.74, 6) is -0.855. The van der Waals surface area contributed by atoms with E-state index in [1.165, 1.54) is 6.92 Å². The molecule has 0 saturated carbocycles. The SMILES string of the molecule is CC(=O)c1c(C)[nH]c(C(=O)[C@@H](C)OC(=O)CCCc2nc3ccccc3s2)c1C. The van der Waals surface area contributed by atoms with Crippen LogP contribution in [0.5, 0.6) is 0 Å². The Morgan fingerprint density at radius 1 is 1.21 bits per heavy atom. The van der Waals surface area contributed by atoms with E-state index < -0.39 is 12.1 Å². The van der Waals surface area contributed by atoms with Crippen LogP contribution in [0.15, 0.2) is 24.3 Å². The van der Waals surface area contributed by atoms with Gasteiger partial charge in [-0.1, -0.05) is 12.1 Å². The molecule has 3 rings (SSSR count). The molecule has 6 nitrogen and oxygen atoms in total. The number of esters is 1. The number of ether oxygens (including phenoxy) is 1. The zero-order valence-electron chi connectivity index (χ0n) is 17.0. The first-order chi connectivity index (χ1) is 13.8. The molecule has 0 spiro atoms. The first kappa shape index (κ1) is 20.9. The Kier molecular flexibility index (Phi) is 6.27. The number of carbonyl (C=O) groups excluding carboxylic acids is 3. The summed E-state index contributed by atoms with van der Waals surface area (Å²) in [7, 11) is 0. The standard InChI is InChI=1S/C22H24N2O4S/c1-12-20(14(3)25)13(2)23-21(12)22(27)15(4)28-19(26)11-7-10-18-24-16-8-5-6-9-17(16)29-18/h5-6,8-9,15,23H,7,10-11H2,1-4H3/t15-/m1/s1. The molecule has 2 heterocycles. The van der Waals surface area contributed by atoms with Gasteiger partial charge in [0, 0.05) is 17.7 Å². The fourth-order valence-electron chi connectivity index (χ4n) is 3.45. The van der Waals surface area contributed by atoms with Crippen molar-refractivity contribution in [1.82, 2.24) is 9.97 Å².